The third-order valence-corrected chi connectivity index (χ3v) is 4.73. The molecule has 1 aliphatic heterocycles. The highest BCUT2D eigenvalue weighted by Crippen LogP contribution is 2.30. The van der Waals surface area contributed by atoms with Crippen molar-refractivity contribution in [1.82, 2.24) is 14.9 Å². The number of amides is 1. The summed E-state index contributed by atoms with van der Waals surface area (Å²) < 4.78 is 17.6. The van der Waals surface area contributed by atoms with Crippen molar-refractivity contribution in [2.75, 3.05) is 33.4 Å². The van der Waals surface area contributed by atoms with E-state index in [1.165, 1.54) is 19.4 Å². The molecule has 3 N–H and O–H groups in total. The first-order chi connectivity index (χ1) is 15.0. The number of aromatic nitrogens is 2. The highest BCUT2D eigenvalue weighted by molar-refractivity contribution is 5.75. The van der Waals surface area contributed by atoms with Crippen LogP contribution in [0, 0.1) is 0 Å². The number of azide groups is 1. The molecule has 2 rings (SSSR count). The summed E-state index contributed by atoms with van der Waals surface area (Å²) in [4.78, 5) is 40.1. The number of H-pyrrole nitrogens is 1. The Morgan fingerprint density at radius 2 is 2.23 bits per heavy atom. The van der Waals surface area contributed by atoms with Gasteiger partial charge in [0.25, 0.3) is 5.56 Å². The topological polar surface area (TPSA) is 181 Å². The number of nitrogens with one attached hydrogen (secondary N) is 2. The van der Waals surface area contributed by atoms with Crippen molar-refractivity contribution in [3.63, 3.8) is 0 Å². The second-order valence-corrected chi connectivity index (χ2v) is 6.98. The number of hydrogen-bond donors (Lipinski definition) is 3. The zero-order valence-corrected chi connectivity index (χ0v) is 17.3. The molecular formula is C18H28N6O7. The number of carbonyl (C=O) groups is 1. The third kappa shape index (κ3) is 7.49. The molecule has 2 unspecified atom stereocenters. The largest absolute Gasteiger partial charge is 0.387 e. The molecule has 0 spiro atoms. The number of ether oxygens (including phenoxy) is 3. The molecule has 1 aromatic heterocycles. The van der Waals surface area contributed by atoms with Crippen LogP contribution in [-0.2, 0) is 19.0 Å². The van der Waals surface area contributed by atoms with Crippen molar-refractivity contribution >= 4 is 5.91 Å². The van der Waals surface area contributed by atoms with Crippen LogP contribution in [0.4, 0.5) is 0 Å². The Labute approximate surface area is 177 Å². The molecule has 1 aliphatic rings. The summed E-state index contributed by atoms with van der Waals surface area (Å²) >= 11 is 0. The summed E-state index contributed by atoms with van der Waals surface area (Å²) in [7, 11) is 1.46. The van der Waals surface area contributed by atoms with Crippen molar-refractivity contribution in [3.8, 4) is 0 Å². The van der Waals surface area contributed by atoms with Crippen molar-refractivity contribution in [1.29, 1.82) is 0 Å². The number of aliphatic hydroxyl groups is 1. The molecule has 172 valence electrons. The molecule has 2 heterocycles. The molecule has 1 aromatic rings. The molecule has 0 saturated carbocycles. The van der Waals surface area contributed by atoms with E-state index in [0.717, 1.165) is 17.4 Å². The van der Waals surface area contributed by atoms with Gasteiger partial charge >= 0.3 is 5.69 Å². The summed E-state index contributed by atoms with van der Waals surface area (Å²) in [5.74, 6) is -0.138. The first-order valence-corrected chi connectivity index (χ1v) is 10.0. The first-order valence-electron chi connectivity index (χ1n) is 10.0. The quantitative estimate of drug-likeness (QED) is 0.164. The highest BCUT2D eigenvalue weighted by atomic mass is 16.6. The minimum atomic E-state index is -1.07. The SMILES string of the molecule is COC[C@H]1O[C@@H](n2ccc(=O)[nH]c2=O)C(OCCNC(=O)CCCCCN=[N+]=[N-])C1O. The molecule has 1 fully saturated rings. The Balaban J connectivity index is 1.84. The van der Waals surface area contributed by atoms with E-state index in [1.54, 1.807) is 0 Å². The average Bonchev–Trinajstić information content (AvgIpc) is 3.03. The van der Waals surface area contributed by atoms with Crippen LogP contribution in [0.25, 0.3) is 10.4 Å². The average molecular weight is 440 g/mol. The van der Waals surface area contributed by atoms with Gasteiger partial charge in [-0.2, -0.15) is 0 Å². The van der Waals surface area contributed by atoms with Gasteiger partial charge in [-0.1, -0.05) is 11.5 Å². The summed E-state index contributed by atoms with van der Waals surface area (Å²) in [6.45, 7) is 0.804. The molecule has 13 heteroatoms. The van der Waals surface area contributed by atoms with Crippen LogP contribution < -0.4 is 16.6 Å². The van der Waals surface area contributed by atoms with Crippen LogP contribution in [0.15, 0.2) is 27.0 Å². The highest BCUT2D eigenvalue weighted by Gasteiger charge is 2.45. The van der Waals surface area contributed by atoms with Crippen LogP contribution in [0.1, 0.15) is 31.9 Å². The van der Waals surface area contributed by atoms with Gasteiger partial charge in [0.05, 0.1) is 13.2 Å². The van der Waals surface area contributed by atoms with Gasteiger partial charge in [0, 0.05) is 43.8 Å². The number of carbonyl (C=O) groups excluding carboxylic acids is 1. The smallest absolute Gasteiger partial charge is 0.330 e. The van der Waals surface area contributed by atoms with Crippen molar-refractivity contribution in [3.05, 3.63) is 43.5 Å². The number of nitrogens with zero attached hydrogens (tertiary/aromatic N) is 4. The predicted octanol–water partition coefficient (Wildman–Crippen LogP) is -0.187. The summed E-state index contributed by atoms with van der Waals surface area (Å²) in [5.41, 5.74) is 6.96. The molecule has 0 radical (unpaired) electrons. The fraction of sp³-hybridized carbons (Fsp3) is 0.722. The fourth-order valence-electron chi connectivity index (χ4n) is 3.22. The van der Waals surface area contributed by atoms with Gasteiger partial charge in [-0.15, -0.1) is 0 Å². The van der Waals surface area contributed by atoms with Crippen LogP contribution in [-0.4, -0.2) is 72.3 Å². The molecule has 13 nitrogen and oxygen atoms in total. The van der Waals surface area contributed by atoms with E-state index in [9.17, 15) is 19.5 Å². The number of hydrogen-bond acceptors (Lipinski definition) is 8. The maximum Gasteiger partial charge on any atom is 0.330 e. The normalized spacial score (nSPS) is 22.8. The van der Waals surface area contributed by atoms with E-state index in [1.807, 2.05) is 0 Å². The molecule has 31 heavy (non-hydrogen) atoms. The number of aliphatic hydroxyl groups excluding tert-OH is 1. The van der Waals surface area contributed by atoms with Gasteiger partial charge in [0.1, 0.15) is 18.3 Å². The van der Waals surface area contributed by atoms with Crippen LogP contribution in [0.3, 0.4) is 0 Å². The van der Waals surface area contributed by atoms with Crippen LogP contribution in [0.2, 0.25) is 0 Å². The Morgan fingerprint density at radius 1 is 1.42 bits per heavy atom. The zero-order chi connectivity index (χ0) is 22.6. The standard InChI is InChI=1S/C18H28N6O7/c1-29-11-12-15(27)16(17(31-12)24-9-6-14(26)22-18(24)28)30-10-8-20-13(25)5-3-2-4-7-21-23-19/h6,9,12,15-17,27H,2-5,7-8,10-11H2,1H3,(H,20,25)(H,22,26,28)/t12-,15?,16?,17-/m1/s1. The number of unbranched alkanes of at least 4 members (excludes halogenated alkanes) is 2. The number of aromatic amines is 1. The van der Waals surface area contributed by atoms with E-state index < -0.39 is 35.8 Å². The predicted molar refractivity (Wildman–Crippen MR) is 108 cm³/mol. The molecule has 1 amide bonds. The van der Waals surface area contributed by atoms with Gasteiger partial charge in [-0.25, -0.2) is 4.79 Å². The summed E-state index contributed by atoms with van der Waals surface area (Å²) in [5, 5.41) is 16.7. The molecule has 1 saturated heterocycles. The van der Waals surface area contributed by atoms with E-state index >= 15 is 0 Å². The van der Waals surface area contributed by atoms with Gasteiger partial charge in [-0.3, -0.25) is 19.1 Å². The van der Waals surface area contributed by atoms with Gasteiger partial charge in [0.2, 0.25) is 5.91 Å². The van der Waals surface area contributed by atoms with Crippen molar-refractivity contribution in [2.45, 2.75) is 50.2 Å². The van der Waals surface area contributed by atoms with Gasteiger partial charge in [0.15, 0.2) is 6.23 Å². The molecule has 4 atom stereocenters. The van der Waals surface area contributed by atoms with E-state index in [-0.39, 0.29) is 25.7 Å². The molecular weight excluding hydrogens is 412 g/mol. The van der Waals surface area contributed by atoms with E-state index in [2.05, 4.69) is 20.3 Å². The second kappa shape index (κ2) is 12.9. The summed E-state index contributed by atoms with van der Waals surface area (Å²) in [6, 6.07) is 1.17. The van der Waals surface area contributed by atoms with E-state index in [0.29, 0.717) is 19.4 Å². The number of rotatable bonds is 13. The Kier molecular flexibility index (Phi) is 10.2. The Bertz CT molecular complexity index is 865. The lowest BCUT2D eigenvalue weighted by atomic mass is 10.1. The summed E-state index contributed by atoms with van der Waals surface area (Å²) in [6.07, 6.45) is 0.143. The van der Waals surface area contributed by atoms with Crippen LogP contribution >= 0.6 is 0 Å². The van der Waals surface area contributed by atoms with Gasteiger partial charge < -0.3 is 24.6 Å². The fourth-order valence-corrected chi connectivity index (χ4v) is 3.22. The molecule has 0 aromatic carbocycles. The Morgan fingerprint density at radius 3 is 2.94 bits per heavy atom. The van der Waals surface area contributed by atoms with E-state index in [4.69, 9.17) is 19.7 Å². The zero-order valence-electron chi connectivity index (χ0n) is 17.3. The minimum absolute atomic E-state index is 0.0853. The lowest BCUT2D eigenvalue weighted by Gasteiger charge is -2.22. The second-order valence-electron chi connectivity index (χ2n) is 6.98. The van der Waals surface area contributed by atoms with Crippen molar-refractivity contribution in [2.24, 2.45) is 5.11 Å². The third-order valence-electron chi connectivity index (χ3n) is 4.73. The lowest BCUT2D eigenvalue weighted by Crippen LogP contribution is -2.40. The van der Waals surface area contributed by atoms with Crippen molar-refractivity contribution < 1.29 is 24.1 Å². The number of methoxy groups -OCH3 is 1. The minimum Gasteiger partial charge on any atom is -0.387 e. The molecule has 0 bridgehead atoms. The van der Waals surface area contributed by atoms with Crippen LogP contribution in [0.5, 0.6) is 0 Å². The Hall–Kier alpha value is -2.70. The first kappa shape index (κ1) is 24.6. The monoisotopic (exact) mass is 440 g/mol. The maximum atomic E-state index is 12.1. The lowest BCUT2D eigenvalue weighted by molar-refractivity contribution is -0.122. The molecule has 0 aliphatic carbocycles. The maximum absolute atomic E-state index is 12.1. The van der Waals surface area contributed by atoms with Gasteiger partial charge in [-0.05, 0) is 18.4 Å².